The fourth-order valence-corrected chi connectivity index (χ4v) is 2.20. The lowest BCUT2D eigenvalue weighted by Crippen LogP contribution is -2.37. The summed E-state index contributed by atoms with van der Waals surface area (Å²) in [5, 5.41) is 10.8. The Bertz CT molecular complexity index is 669. The maximum atomic E-state index is 12.5. The van der Waals surface area contributed by atoms with E-state index in [4.69, 9.17) is 0 Å². The highest BCUT2D eigenvalue weighted by Crippen LogP contribution is 2.21. The minimum absolute atomic E-state index is 0.00784. The largest absolute Gasteiger partial charge is 0.307 e. The summed E-state index contributed by atoms with van der Waals surface area (Å²) in [6.45, 7) is 0.690. The van der Waals surface area contributed by atoms with Crippen LogP contribution < -0.4 is 4.90 Å². The lowest BCUT2D eigenvalue weighted by atomic mass is 10.2. The van der Waals surface area contributed by atoms with Crippen molar-refractivity contribution >= 4 is 17.3 Å². The lowest BCUT2D eigenvalue weighted by Gasteiger charge is -2.24. The number of anilines is 1. The number of benzene rings is 2. The number of nitro benzene ring substituents is 1. The van der Waals surface area contributed by atoms with E-state index >= 15 is 0 Å². The summed E-state index contributed by atoms with van der Waals surface area (Å²) in [5.74, 6) is -0.0623. The van der Waals surface area contributed by atoms with Gasteiger partial charge in [0.2, 0.25) is 5.91 Å². The van der Waals surface area contributed by atoms with Crippen LogP contribution in [0.5, 0.6) is 0 Å². The number of hydrogen-bond acceptors (Lipinski definition) is 4. The van der Waals surface area contributed by atoms with E-state index in [2.05, 4.69) is 0 Å². The third-order valence-corrected chi connectivity index (χ3v) is 3.31. The fraction of sp³-hybridized carbons (Fsp3) is 0.235. The minimum Gasteiger partial charge on any atom is -0.307 e. The smallest absolute Gasteiger partial charge is 0.269 e. The van der Waals surface area contributed by atoms with E-state index in [0.29, 0.717) is 12.2 Å². The van der Waals surface area contributed by atoms with Gasteiger partial charge in [-0.15, -0.1) is 0 Å². The third-order valence-electron chi connectivity index (χ3n) is 3.31. The number of likely N-dealkylation sites (N-methyl/N-ethyl adjacent to an activating group) is 1. The maximum Gasteiger partial charge on any atom is 0.269 e. The van der Waals surface area contributed by atoms with Crippen LogP contribution in [0, 0.1) is 10.1 Å². The SMILES string of the molecule is CN(C)CC(=O)N(Cc1ccccc1)c1ccc([N+](=O)[O-])cc1. The van der Waals surface area contributed by atoms with Crippen molar-refractivity contribution < 1.29 is 9.72 Å². The van der Waals surface area contributed by atoms with Crippen molar-refractivity contribution in [2.24, 2.45) is 0 Å². The van der Waals surface area contributed by atoms with E-state index in [0.717, 1.165) is 5.56 Å². The molecule has 6 heteroatoms. The van der Waals surface area contributed by atoms with Crippen molar-refractivity contribution in [2.45, 2.75) is 6.54 Å². The van der Waals surface area contributed by atoms with E-state index in [1.807, 2.05) is 44.4 Å². The Kier molecular flexibility index (Phi) is 5.43. The van der Waals surface area contributed by atoms with Gasteiger partial charge in [-0.1, -0.05) is 30.3 Å². The number of carbonyl (C=O) groups is 1. The Morgan fingerprint density at radius 1 is 1.04 bits per heavy atom. The average molecular weight is 313 g/mol. The predicted molar refractivity (Wildman–Crippen MR) is 89.3 cm³/mol. The normalized spacial score (nSPS) is 10.6. The molecular formula is C17H19N3O3. The summed E-state index contributed by atoms with van der Waals surface area (Å²) < 4.78 is 0. The van der Waals surface area contributed by atoms with Gasteiger partial charge in [-0.25, -0.2) is 0 Å². The number of carbonyl (C=O) groups excluding carboxylic acids is 1. The highest BCUT2D eigenvalue weighted by molar-refractivity contribution is 5.94. The molecule has 0 aliphatic carbocycles. The summed E-state index contributed by atoms with van der Waals surface area (Å²) in [6, 6.07) is 15.7. The molecule has 0 saturated carbocycles. The Morgan fingerprint density at radius 2 is 1.65 bits per heavy atom. The molecule has 6 nitrogen and oxygen atoms in total. The van der Waals surface area contributed by atoms with Gasteiger partial charge in [-0.3, -0.25) is 14.9 Å². The minimum atomic E-state index is -0.451. The van der Waals surface area contributed by atoms with Crippen molar-refractivity contribution in [1.82, 2.24) is 4.90 Å². The first-order valence-electron chi connectivity index (χ1n) is 7.21. The first-order chi connectivity index (χ1) is 11.0. The van der Waals surface area contributed by atoms with E-state index in [1.54, 1.807) is 21.9 Å². The number of non-ortho nitro benzene ring substituents is 1. The van der Waals surface area contributed by atoms with Crippen LogP contribution in [0.2, 0.25) is 0 Å². The molecule has 2 aromatic carbocycles. The Labute approximate surface area is 135 Å². The predicted octanol–water partition coefficient (Wildman–Crippen LogP) is 2.69. The van der Waals surface area contributed by atoms with Gasteiger partial charge in [0.1, 0.15) is 0 Å². The highest BCUT2D eigenvalue weighted by Gasteiger charge is 2.18. The number of nitrogens with zero attached hydrogens (tertiary/aromatic N) is 3. The molecule has 0 unspecified atom stereocenters. The summed E-state index contributed by atoms with van der Waals surface area (Å²) in [4.78, 5) is 26.3. The van der Waals surface area contributed by atoms with E-state index in [1.165, 1.54) is 12.1 Å². The molecule has 23 heavy (non-hydrogen) atoms. The molecule has 2 rings (SSSR count). The second kappa shape index (κ2) is 7.51. The Morgan fingerprint density at radius 3 is 2.17 bits per heavy atom. The molecule has 0 bridgehead atoms. The van der Waals surface area contributed by atoms with Gasteiger partial charge in [0.25, 0.3) is 5.69 Å². The van der Waals surface area contributed by atoms with E-state index in [9.17, 15) is 14.9 Å². The molecule has 0 fully saturated rings. The van der Waals surface area contributed by atoms with Gasteiger partial charge in [-0.05, 0) is 31.8 Å². The van der Waals surface area contributed by atoms with Gasteiger partial charge < -0.3 is 9.80 Å². The summed E-state index contributed by atoms with van der Waals surface area (Å²) >= 11 is 0. The zero-order chi connectivity index (χ0) is 16.8. The Balaban J connectivity index is 2.28. The van der Waals surface area contributed by atoms with E-state index in [-0.39, 0.29) is 18.1 Å². The molecule has 2 aromatic rings. The van der Waals surface area contributed by atoms with E-state index < -0.39 is 4.92 Å². The van der Waals surface area contributed by atoms with Crippen LogP contribution in [0.3, 0.4) is 0 Å². The van der Waals surface area contributed by atoms with Gasteiger partial charge in [0.15, 0.2) is 0 Å². The second-order valence-electron chi connectivity index (χ2n) is 5.48. The van der Waals surface area contributed by atoms with Crippen LogP contribution in [0.4, 0.5) is 11.4 Å². The van der Waals surface area contributed by atoms with Gasteiger partial charge in [0, 0.05) is 17.8 Å². The van der Waals surface area contributed by atoms with Crippen molar-refractivity contribution in [2.75, 3.05) is 25.5 Å². The molecule has 0 radical (unpaired) electrons. The second-order valence-corrected chi connectivity index (χ2v) is 5.48. The summed E-state index contributed by atoms with van der Waals surface area (Å²) in [7, 11) is 3.66. The van der Waals surface area contributed by atoms with Crippen LogP contribution in [-0.2, 0) is 11.3 Å². The van der Waals surface area contributed by atoms with Crippen molar-refractivity contribution in [3.8, 4) is 0 Å². The third kappa shape index (κ3) is 4.62. The van der Waals surface area contributed by atoms with Gasteiger partial charge in [-0.2, -0.15) is 0 Å². The first-order valence-corrected chi connectivity index (χ1v) is 7.21. The molecule has 0 heterocycles. The quantitative estimate of drug-likeness (QED) is 0.607. The zero-order valence-electron chi connectivity index (χ0n) is 13.2. The number of rotatable bonds is 6. The topological polar surface area (TPSA) is 66.7 Å². The Hall–Kier alpha value is -2.73. The molecule has 0 aromatic heterocycles. The molecule has 0 aliphatic rings. The van der Waals surface area contributed by atoms with Crippen LogP contribution in [-0.4, -0.2) is 36.4 Å². The number of nitro groups is 1. The van der Waals surface area contributed by atoms with Gasteiger partial charge >= 0.3 is 0 Å². The molecule has 0 N–H and O–H groups in total. The number of amides is 1. The van der Waals surface area contributed by atoms with Crippen molar-refractivity contribution in [3.05, 3.63) is 70.3 Å². The number of hydrogen-bond donors (Lipinski definition) is 0. The average Bonchev–Trinajstić information content (AvgIpc) is 2.53. The summed E-state index contributed by atoms with van der Waals surface area (Å²) in [6.07, 6.45) is 0. The lowest BCUT2D eigenvalue weighted by molar-refractivity contribution is -0.384. The molecule has 0 spiro atoms. The zero-order valence-corrected chi connectivity index (χ0v) is 13.2. The molecule has 120 valence electrons. The fourth-order valence-electron chi connectivity index (χ4n) is 2.20. The molecular weight excluding hydrogens is 294 g/mol. The monoisotopic (exact) mass is 313 g/mol. The summed E-state index contributed by atoms with van der Waals surface area (Å²) in [5.41, 5.74) is 1.65. The molecule has 0 aliphatic heterocycles. The first kappa shape index (κ1) is 16.6. The van der Waals surface area contributed by atoms with Crippen LogP contribution >= 0.6 is 0 Å². The van der Waals surface area contributed by atoms with Crippen LogP contribution in [0.25, 0.3) is 0 Å². The molecule has 0 saturated heterocycles. The van der Waals surface area contributed by atoms with Crippen LogP contribution in [0.15, 0.2) is 54.6 Å². The molecule has 1 amide bonds. The van der Waals surface area contributed by atoms with Crippen molar-refractivity contribution in [3.63, 3.8) is 0 Å². The van der Waals surface area contributed by atoms with Crippen molar-refractivity contribution in [1.29, 1.82) is 0 Å². The van der Waals surface area contributed by atoms with Crippen LogP contribution in [0.1, 0.15) is 5.56 Å². The van der Waals surface area contributed by atoms with Gasteiger partial charge in [0.05, 0.1) is 18.0 Å². The molecule has 0 atom stereocenters. The maximum absolute atomic E-state index is 12.5. The standard InChI is InChI=1S/C17H19N3O3/c1-18(2)13-17(21)19(12-14-6-4-3-5-7-14)15-8-10-16(11-9-15)20(22)23/h3-11H,12-13H2,1-2H3. The highest BCUT2D eigenvalue weighted by atomic mass is 16.6.